The van der Waals surface area contributed by atoms with Crippen LogP contribution in [0.15, 0.2) is 60.7 Å². The lowest BCUT2D eigenvalue weighted by Gasteiger charge is -2.23. The van der Waals surface area contributed by atoms with Crippen LogP contribution in [0.25, 0.3) is 6.08 Å². The van der Waals surface area contributed by atoms with Crippen LogP contribution in [-0.2, 0) is 4.79 Å². The van der Waals surface area contributed by atoms with Crippen LogP contribution in [0.3, 0.4) is 0 Å². The number of amides is 2. The molecular formula is C21H22N2O3S. The Hall–Kier alpha value is -2.73. The fraction of sp³-hybridized carbons (Fsp3) is 0.238. The second-order valence-corrected chi connectivity index (χ2v) is 7.39. The van der Waals surface area contributed by atoms with E-state index in [0.717, 1.165) is 11.3 Å². The molecule has 0 radical (unpaired) electrons. The maximum Gasteiger partial charge on any atom is 0.251 e. The third-order valence-corrected chi connectivity index (χ3v) is 5.31. The van der Waals surface area contributed by atoms with E-state index in [2.05, 4.69) is 5.32 Å². The summed E-state index contributed by atoms with van der Waals surface area (Å²) in [5, 5.41) is 12.2. The van der Waals surface area contributed by atoms with Crippen molar-refractivity contribution in [2.45, 2.75) is 6.04 Å². The number of phenolic OH excluding ortho intramolecular Hbond substituents is 1. The maximum absolute atomic E-state index is 12.8. The first-order valence-corrected chi connectivity index (χ1v) is 9.97. The number of carbonyl (C=O) groups excluding carboxylic acids is 2. The molecule has 1 heterocycles. The van der Waals surface area contributed by atoms with Gasteiger partial charge in [0.1, 0.15) is 11.8 Å². The van der Waals surface area contributed by atoms with E-state index in [1.807, 2.05) is 42.5 Å². The van der Waals surface area contributed by atoms with Gasteiger partial charge in [-0.1, -0.05) is 42.5 Å². The number of rotatable bonds is 5. The average Bonchev–Trinajstić information content (AvgIpc) is 2.85. The van der Waals surface area contributed by atoms with Crippen molar-refractivity contribution < 1.29 is 14.7 Å². The lowest BCUT2D eigenvalue weighted by molar-refractivity contribution is -0.131. The smallest absolute Gasteiger partial charge is 0.251 e. The van der Waals surface area contributed by atoms with Gasteiger partial charge in [0.2, 0.25) is 5.91 Å². The van der Waals surface area contributed by atoms with E-state index in [9.17, 15) is 14.7 Å². The minimum absolute atomic E-state index is 0.0650. The van der Waals surface area contributed by atoms with Crippen molar-refractivity contribution in [2.75, 3.05) is 24.6 Å². The van der Waals surface area contributed by atoms with Gasteiger partial charge in [-0.25, -0.2) is 0 Å². The molecule has 0 spiro atoms. The third-order valence-electron chi connectivity index (χ3n) is 4.27. The van der Waals surface area contributed by atoms with Crippen LogP contribution < -0.4 is 5.32 Å². The molecule has 5 nitrogen and oxygen atoms in total. The molecule has 140 valence electrons. The number of carbonyl (C=O) groups is 2. The van der Waals surface area contributed by atoms with Gasteiger partial charge in [0.05, 0.1) is 0 Å². The summed E-state index contributed by atoms with van der Waals surface area (Å²) in [6, 6.07) is 15.4. The summed E-state index contributed by atoms with van der Waals surface area (Å²) in [7, 11) is 0. The average molecular weight is 382 g/mol. The first kappa shape index (κ1) is 19.0. The number of phenols is 1. The quantitative estimate of drug-likeness (QED) is 0.834. The molecule has 2 aromatic rings. The van der Waals surface area contributed by atoms with Crippen molar-refractivity contribution in [3.8, 4) is 5.75 Å². The number of aromatic hydroxyl groups is 1. The Morgan fingerprint density at radius 3 is 2.67 bits per heavy atom. The summed E-state index contributed by atoms with van der Waals surface area (Å²) in [6.07, 6.45) is 3.97. The monoisotopic (exact) mass is 382 g/mol. The Morgan fingerprint density at radius 1 is 1.19 bits per heavy atom. The lowest BCUT2D eigenvalue weighted by atomic mass is 10.2. The second kappa shape index (κ2) is 9.28. The van der Waals surface area contributed by atoms with E-state index in [4.69, 9.17) is 0 Å². The number of hydrogen-bond acceptors (Lipinski definition) is 4. The van der Waals surface area contributed by atoms with Gasteiger partial charge in [0.25, 0.3) is 5.91 Å². The highest BCUT2D eigenvalue weighted by Gasteiger charge is 2.28. The van der Waals surface area contributed by atoms with E-state index in [1.165, 1.54) is 12.1 Å². The highest BCUT2D eigenvalue weighted by Crippen LogP contribution is 2.14. The first-order valence-electron chi connectivity index (χ1n) is 8.81. The Balaban J connectivity index is 1.62. The van der Waals surface area contributed by atoms with Crippen molar-refractivity contribution in [3.05, 3.63) is 71.8 Å². The molecule has 1 saturated heterocycles. The van der Waals surface area contributed by atoms with Gasteiger partial charge in [-0.2, -0.15) is 11.8 Å². The molecular weight excluding hydrogens is 360 g/mol. The van der Waals surface area contributed by atoms with Crippen LogP contribution in [0.1, 0.15) is 15.9 Å². The molecule has 0 saturated carbocycles. The SMILES string of the molecule is O=C(N[C@H]1CSCCN(CC=Cc2ccccc2)C1=O)c1ccc(O)cc1. The standard InChI is InChI=1S/C21H22N2O3S/c24-18-10-8-17(9-11-18)20(25)22-19-15-27-14-13-23(21(19)26)12-4-7-16-5-2-1-3-6-16/h1-11,19,24H,12-15H2,(H,22,25)/t19-/m0/s1. The number of nitrogens with zero attached hydrogens (tertiary/aromatic N) is 1. The van der Waals surface area contributed by atoms with Crippen molar-refractivity contribution in [2.24, 2.45) is 0 Å². The number of nitrogens with one attached hydrogen (secondary N) is 1. The fourth-order valence-electron chi connectivity index (χ4n) is 2.80. The van der Waals surface area contributed by atoms with E-state index >= 15 is 0 Å². The molecule has 1 fully saturated rings. The summed E-state index contributed by atoms with van der Waals surface area (Å²) in [4.78, 5) is 27.0. The molecule has 1 atom stereocenters. The summed E-state index contributed by atoms with van der Waals surface area (Å²) in [6.45, 7) is 1.17. The molecule has 6 heteroatoms. The van der Waals surface area contributed by atoms with Crippen LogP contribution in [0.2, 0.25) is 0 Å². The molecule has 0 bridgehead atoms. The van der Waals surface area contributed by atoms with Gasteiger partial charge >= 0.3 is 0 Å². The van der Waals surface area contributed by atoms with Crippen molar-refractivity contribution >= 4 is 29.7 Å². The first-order chi connectivity index (χ1) is 13.1. The minimum Gasteiger partial charge on any atom is -0.508 e. The Kier molecular flexibility index (Phi) is 6.54. The van der Waals surface area contributed by atoms with Crippen LogP contribution in [0.4, 0.5) is 0 Å². The van der Waals surface area contributed by atoms with Gasteiger partial charge in [-0.15, -0.1) is 0 Å². The predicted molar refractivity (Wildman–Crippen MR) is 109 cm³/mol. The normalized spacial score (nSPS) is 17.7. The Bertz CT molecular complexity index is 806. The highest BCUT2D eigenvalue weighted by atomic mass is 32.2. The molecule has 1 aliphatic rings. The van der Waals surface area contributed by atoms with Gasteiger partial charge in [0, 0.05) is 30.2 Å². The minimum atomic E-state index is -0.552. The lowest BCUT2D eigenvalue weighted by Crippen LogP contribution is -2.49. The third kappa shape index (κ3) is 5.37. The summed E-state index contributed by atoms with van der Waals surface area (Å²) < 4.78 is 0. The van der Waals surface area contributed by atoms with E-state index in [0.29, 0.717) is 24.4 Å². The largest absolute Gasteiger partial charge is 0.508 e. The fourth-order valence-corrected chi connectivity index (χ4v) is 3.77. The summed E-state index contributed by atoms with van der Waals surface area (Å²) >= 11 is 1.66. The van der Waals surface area contributed by atoms with Crippen molar-refractivity contribution in [1.29, 1.82) is 0 Å². The van der Waals surface area contributed by atoms with Crippen molar-refractivity contribution in [1.82, 2.24) is 10.2 Å². The second-order valence-electron chi connectivity index (χ2n) is 6.25. The number of hydrogen-bond donors (Lipinski definition) is 2. The molecule has 1 aliphatic heterocycles. The molecule has 2 amide bonds. The van der Waals surface area contributed by atoms with E-state index in [1.54, 1.807) is 28.8 Å². The molecule has 2 N–H and O–H groups in total. The molecule has 0 aromatic heterocycles. The molecule has 27 heavy (non-hydrogen) atoms. The zero-order valence-electron chi connectivity index (χ0n) is 14.9. The Labute approximate surface area is 163 Å². The zero-order valence-corrected chi connectivity index (χ0v) is 15.7. The van der Waals surface area contributed by atoms with E-state index in [-0.39, 0.29) is 17.6 Å². The number of thioether (sulfide) groups is 1. The predicted octanol–water partition coefficient (Wildman–Crippen LogP) is 2.78. The summed E-state index contributed by atoms with van der Waals surface area (Å²) in [5.74, 6) is 1.13. The zero-order chi connectivity index (χ0) is 19.1. The van der Waals surface area contributed by atoms with Gasteiger partial charge < -0.3 is 15.3 Å². The van der Waals surface area contributed by atoms with Crippen LogP contribution >= 0.6 is 11.8 Å². The Morgan fingerprint density at radius 2 is 1.93 bits per heavy atom. The highest BCUT2D eigenvalue weighted by molar-refractivity contribution is 7.99. The van der Waals surface area contributed by atoms with Gasteiger partial charge in [-0.05, 0) is 29.8 Å². The molecule has 2 aromatic carbocycles. The van der Waals surface area contributed by atoms with Crippen molar-refractivity contribution in [3.63, 3.8) is 0 Å². The summed E-state index contributed by atoms with van der Waals surface area (Å²) in [5.41, 5.74) is 1.51. The molecule has 0 unspecified atom stereocenters. The topological polar surface area (TPSA) is 69.6 Å². The van der Waals surface area contributed by atoms with Gasteiger partial charge in [-0.3, -0.25) is 9.59 Å². The number of benzene rings is 2. The van der Waals surface area contributed by atoms with Crippen LogP contribution in [0.5, 0.6) is 5.75 Å². The van der Waals surface area contributed by atoms with Gasteiger partial charge in [0.15, 0.2) is 0 Å². The molecule has 3 rings (SSSR count). The van der Waals surface area contributed by atoms with E-state index < -0.39 is 6.04 Å². The van der Waals surface area contributed by atoms with Crippen LogP contribution in [-0.4, -0.2) is 52.5 Å². The maximum atomic E-state index is 12.8. The van der Waals surface area contributed by atoms with Crippen LogP contribution in [0, 0.1) is 0 Å². The molecule has 0 aliphatic carbocycles.